The summed E-state index contributed by atoms with van der Waals surface area (Å²) in [6.45, 7) is 12.5. The van der Waals surface area contributed by atoms with Crippen molar-refractivity contribution in [3.63, 3.8) is 0 Å². The lowest BCUT2D eigenvalue weighted by atomic mass is 9.91. The van der Waals surface area contributed by atoms with Crippen molar-refractivity contribution < 1.29 is 4.79 Å². The molecule has 0 aromatic carbocycles. The van der Waals surface area contributed by atoms with E-state index in [1.807, 2.05) is 27.7 Å². The second-order valence-corrected chi connectivity index (χ2v) is 5.28. The van der Waals surface area contributed by atoms with Crippen molar-refractivity contribution in [1.82, 2.24) is 0 Å². The van der Waals surface area contributed by atoms with E-state index in [2.05, 4.69) is 6.58 Å². The Bertz CT molecular complexity index is 187. The quantitative estimate of drug-likeness (QED) is 0.550. The standard InChI is InChI=1S/C6H14ClN.C4H7NO/c1-5(2,7)6(3,4)8;1-3(2)4(5)6/h8H2,1-4H3;1H2,2H3,(H2,5,6). The van der Waals surface area contributed by atoms with Gasteiger partial charge in [-0.1, -0.05) is 6.58 Å². The van der Waals surface area contributed by atoms with E-state index >= 15 is 0 Å². The van der Waals surface area contributed by atoms with Gasteiger partial charge in [-0.05, 0) is 34.6 Å². The van der Waals surface area contributed by atoms with Crippen LogP contribution in [0, 0.1) is 0 Å². The highest BCUT2D eigenvalue weighted by molar-refractivity contribution is 6.24. The molecule has 0 heterocycles. The van der Waals surface area contributed by atoms with Crippen LogP contribution in [0.1, 0.15) is 34.6 Å². The average Bonchev–Trinajstić information content (AvgIpc) is 1.83. The third-order valence-electron chi connectivity index (χ3n) is 1.95. The predicted octanol–water partition coefficient (Wildman–Crippen LogP) is 1.79. The predicted molar refractivity (Wildman–Crippen MR) is 62.2 cm³/mol. The van der Waals surface area contributed by atoms with Crippen LogP contribution in [0.4, 0.5) is 0 Å². The first kappa shape index (κ1) is 15.9. The van der Waals surface area contributed by atoms with Gasteiger partial charge < -0.3 is 11.5 Å². The molecule has 0 aromatic rings. The topological polar surface area (TPSA) is 69.1 Å². The first-order valence-electron chi connectivity index (χ1n) is 4.32. The van der Waals surface area contributed by atoms with E-state index in [1.54, 1.807) is 6.92 Å². The van der Waals surface area contributed by atoms with Gasteiger partial charge in [0, 0.05) is 11.1 Å². The Kier molecular flexibility index (Phi) is 6.10. The molecule has 0 radical (unpaired) electrons. The summed E-state index contributed by atoms with van der Waals surface area (Å²) in [6.07, 6.45) is 0. The van der Waals surface area contributed by atoms with Crippen LogP contribution in [0.2, 0.25) is 0 Å². The lowest BCUT2D eigenvalue weighted by molar-refractivity contribution is -0.114. The van der Waals surface area contributed by atoms with Crippen LogP contribution < -0.4 is 11.5 Å². The number of alkyl halides is 1. The van der Waals surface area contributed by atoms with Gasteiger partial charge in [0.15, 0.2) is 0 Å². The maximum atomic E-state index is 9.82. The lowest BCUT2D eigenvalue weighted by Crippen LogP contribution is -2.48. The number of hydrogen-bond acceptors (Lipinski definition) is 2. The summed E-state index contributed by atoms with van der Waals surface area (Å²) in [5.74, 6) is -0.435. The Morgan fingerprint density at radius 1 is 1.29 bits per heavy atom. The van der Waals surface area contributed by atoms with Crippen molar-refractivity contribution in [2.75, 3.05) is 0 Å². The Balaban J connectivity index is 0. The minimum Gasteiger partial charge on any atom is -0.366 e. The second kappa shape index (κ2) is 5.37. The van der Waals surface area contributed by atoms with Crippen LogP contribution in [0.5, 0.6) is 0 Å². The van der Waals surface area contributed by atoms with Crippen LogP contribution in [0.3, 0.4) is 0 Å². The first-order valence-corrected chi connectivity index (χ1v) is 4.70. The number of carbonyl (C=O) groups excluding carboxylic acids is 1. The van der Waals surface area contributed by atoms with E-state index in [9.17, 15) is 4.79 Å². The summed E-state index contributed by atoms with van der Waals surface area (Å²) in [7, 11) is 0. The van der Waals surface area contributed by atoms with Gasteiger partial charge in [0.2, 0.25) is 5.91 Å². The van der Waals surface area contributed by atoms with Gasteiger partial charge in [0.25, 0.3) is 0 Å². The molecule has 4 N–H and O–H groups in total. The van der Waals surface area contributed by atoms with Crippen molar-refractivity contribution in [2.45, 2.75) is 45.0 Å². The third-order valence-corrected chi connectivity index (χ3v) is 2.44. The van der Waals surface area contributed by atoms with Crippen LogP contribution in [0.25, 0.3) is 0 Å². The van der Waals surface area contributed by atoms with Gasteiger partial charge in [-0.3, -0.25) is 4.79 Å². The van der Waals surface area contributed by atoms with E-state index < -0.39 is 5.91 Å². The van der Waals surface area contributed by atoms with Gasteiger partial charge in [-0.2, -0.15) is 0 Å². The summed E-state index contributed by atoms with van der Waals surface area (Å²) >= 11 is 5.88. The molecular weight excluding hydrogens is 200 g/mol. The van der Waals surface area contributed by atoms with E-state index in [-0.39, 0.29) is 10.4 Å². The molecule has 0 aliphatic rings. The minimum atomic E-state index is -0.435. The van der Waals surface area contributed by atoms with Gasteiger partial charge in [0.05, 0.1) is 4.87 Å². The van der Waals surface area contributed by atoms with Crippen molar-refractivity contribution in [2.24, 2.45) is 11.5 Å². The summed E-state index contributed by atoms with van der Waals surface area (Å²) in [4.78, 5) is 9.51. The molecule has 0 atom stereocenters. The minimum absolute atomic E-state index is 0.297. The number of hydrogen-bond donors (Lipinski definition) is 2. The van der Waals surface area contributed by atoms with E-state index in [0.29, 0.717) is 5.57 Å². The number of carbonyl (C=O) groups is 1. The molecule has 0 rings (SSSR count). The Hall–Kier alpha value is -0.540. The molecule has 0 bridgehead atoms. The number of primary amides is 1. The van der Waals surface area contributed by atoms with Gasteiger partial charge >= 0.3 is 0 Å². The molecule has 84 valence electrons. The fraction of sp³-hybridized carbons (Fsp3) is 0.700. The monoisotopic (exact) mass is 220 g/mol. The molecule has 0 aliphatic heterocycles. The fourth-order valence-electron chi connectivity index (χ4n) is 0. The zero-order chi connectivity index (χ0) is 12.2. The molecule has 14 heavy (non-hydrogen) atoms. The largest absolute Gasteiger partial charge is 0.366 e. The molecule has 0 unspecified atom stereocenters. The maximum absolute atomic E-state index is 9.82. The number of nitrogens with two attached hydrogens (primary N) is 2. The number of rotatable bonds is 2. The highest BCUT2D eigenvalue weighted by atomic mass is 35.5. The Labute approximate surface area is 91.5 Å². The second-order valence-electron chi connectivity index (χ2n) is 4.34. The molecular formula is C10H21ClN2O. The van der Waals surface area contributed by atoms with E-state index in [4.69, 9.17) is 23.1 Å². The Morgan fingerprint density at radius 3 is 1.43 bits per heavy atom. The Morgan fingerprint density at radius 2 is 1.43 bits per heavy atom. The van der Waals surface area contributed by atoms with Crippen molar-refractivity contribution >= 4 is 17.5 Å². The van der Waals surface area contributed by atoms with Crippen molar-refractivity contribution in [3.05, 3.63) is 12.2 Å². The normalized spacial score (nSPS) is 11.4. The molecule has 1 amide bonds. The molecule has 0 aliphatic carbocycles. The SMILES string of the molecule is C=C(C)C(N)=O.CC(C)(N)C(C)(C)Cl. The molecule has 0 spiro atoms. The zero-order valence-electron chi connectivity index (χ0n) is 9.65. The first-order chi connectivity index (χ1) is 5.89. The van der Waals surface area contributed by atoms with Crippen molar-refractivity contribution in [3.8, 4) is 0 Å². The average molecular weight is 221 g/mol. The van der Waals surface area contributed by atoms with E-state index in [0.717, 1.165) is 0 Å². The fourth-order valence-corrected chi connectivity index (χ4v) is 0. The zero-order valence-corrected chi connectivity index (χ0v) is 10.4. The molecule has 0 aromatic heterocycles. The van der Waals surface area contributed by atoms with E-state index in [1.165, 1.54) is 0 Å². The molecule has 4 heteroatoms. The number of halogens is 1. The lowest BCUT2D eigenvalue weighted by Gasteiger charge is -2.32. The summed E-state index contributed by atoms with van der Waals surface area (Å²) in [5.41, 5.74) is 10.5. The van der Waals surface area contributed by atoms with Crippen LogP contribution in [0.15, 0.2) is 12.2 Å². The maximum Gasteiger partial charge on any atom is 0.243 e. The highest BCUT2D eigenvalue weighted by Crippen LogP contribution is 2.24. The molecule has 0 saturated heterocycles. The van der Waals surface area contributed by atoms with Gasteiger partial charge in [-0.25, -0.2) is 0 Å². The van der Waals surface area contributed by atoms with Gasteiger partial charge in [0.1, 0.15) is 0 Å². The van der Waals surface area contributed by atoms with Crippen LogP contribution >= 0.6 is 11.6 Å². The number of amides is 1. The summed E-state index contributed by atoms with van der Waals surface area (Å²) < 4.78 is 0. The molecule has 0 saturated carbocycles. The summed E-state index contributed by atoms with van der Waals surface area (Å²) in [5, 5.41) is 0. The molecule has 0 fully saturated rings. The van der Waals surface area contributed by atoms with Crippen molar-refractivity contribution in [1.29, 1.82) is 0 Å². The summed E-state index contributed by atoms with van der Waals surface area (Å²) in [6, 6.07) is 0. The third kappa shape index (κ3) is 8.08. The smallest absolute Gasteiger partial charge is 0.243 e. The van der Waals surface area contributed by atoms with Crippen LogP contribution in [-0.2, 0) is 4.79 Å². The molecule has 3 nitrogen and oxygen atoms in total. The van der Waals surface area contributed by atoms with Crippen LogP contribution in [-0.4, -0.2) is 16.3 Å². The van der Waals surface area contributed by atoms with Gasteiger partial charge in [-0.15, -0.1) is 11.6 Å². The highest BCUT2D eigenvalue weighted by Gasteiger charge is 2.30.